The molecular weight excluding hydrogens is 366 g/mol. The summed E-state index contributed by atoms with van der Waals surface area (Å²) in [5, 5.41) is 3.70. The fourth-order valence-corrected chi connectivity index (χ4v) is 4.13. The number of aryl methyl sites for hydroxylation is 1. The maximum absolute atomic E-state index is 12.8. The molecule has 2 heterocycles. The maximum atomic E-state index is 12.8. The van der Waals surface area contributed by atoms with Crippen molar-refractivity contribution in [2.75, 3.05) is 11.8 Å². The summed E-state index contributed by atoms with van der Waals surface area (Å²) in [6.45, 7) is 3.77. The van der Waals surface area contributed by atoms with E-state index in [1.165, 1.54) is 7.11 Å². The molecule has 0 aliphatic heterocycles. The van der Waals surface area contributed by atoms with Crippen molar-refractivity contribution >= 4 is 15.7 Å². The van der Waals surface area contributed by atoms with E-state index in [1.807, 2.05) is 26.0 Å². The number of hydrogen-bond donors (Lipinski definition) is 1. The van der Waals surface area contributed by atoms with E-state index in [4.69, 9.17) is 9.26 Å². The minimum absolute atomic E-state index is 0.0721. The molecule has 0 aliphatic rings. The topological polar surface area (TPSA) is 94.3 Å². The molecular formula is C19H21N3O4S. The van der Waals surface area contributed by atoms with Crippen LogP contribution in [0, 0.1) is 0 Å². The molecule has 1 N–H and O–H groups in total. The Bertz CT molecular complexity index is 1030. The van der Waals surface area contributed by atoms with Crippen molar-refractivity contribution in [3.05, 3.63) is 54.0 Å². The molecule has 142 valence electrons. The highest BCUT2D eigenvalue weighted by molar-refractivity contribution is 7.92. The van der Waals surface area contributed by atoms with Gasteiger partial charge in [-0.25, -0.2) is 0 Å². The van der Waals surface area contributed by atoms with Crippen LogP contribution in [0.1, 0.15) is 25.2 Å². The number of nitrogens with one attached hydrogen (secondary N) is 1. The van der Waals surface area contributed by atoms with Gasteiger partial charge in [0.15, 0.2) is 0 Å². The summed E-state index contributed by atoms with van der Waals surface area (Å²) >= 11 is 0. The van der Waals surface area contributed by atoms with Crippen molar-refractivity contribution < 1.29 is 17.7 Å². The number of anilines is 1. The van der Waals surface area contributed by atoms with Crippen LogP contribution < -0.4 is 9.46 Å². The van der Waals surface area contributed by atoms with Crippen LogP contribution in [0.5, 0.6) is 5.75 Å². The second-order valence-corrected chi connectivity index (χ2v) is 7.46. The second kappa shape index (κ2) is 7.79. The lowest BCUT2D eigenvalue weighted by atomic mass is 10.1. The van der Waals surface area contributed by atoms with Gasteiger partial charge in [-0.2, -0.15) is 8.42 Å². The number of rotatable bonds is 7. The van der Waals surface area contributed by atoms with Crippen LogP contribution in [0.2, 0.25) is 0 Å². The molecule has 2 aromatic heterocycles. The summed E-state index contributed by atoms with van der Waals surface area (Å²) in [5.74, 6) is 1.12. The fourth-order valence-electron chi connectivity index (χ4n) is 2.88. The molecule has 3 rings (SSSR count). The van der Waals surface area contributed by atoms with Crippen LogP contribution in [0.15, 0.2) is 52.3 Å². The smallest absolute Gasteiger partial charge is 0.283 e. The molecule has 0 saturated heterocycles. The molecule has 27 heavy (non-hydrogen) atoms. The van der Waals surface area contributed by atoms with Gasteiger partial charge in [-0.1, -0.05) is 25.1 Å². The van der Waals surface area contributed by atoms with Crippen LogP contribution in [0.25, 0.3) is 11.1 Å². The maximum Gasteiger partial charge on any atom is 0.283 e. The van der Waals surface area contributed by atoms with Gasteiger partial charge in [-0.3, -0.25) is 9.71 Å². The minimum atomic E-state index is -3.87. The van der Waals surface area contributed by atoms with E-state index in [2.05, 4.69) is 14.9 Å². The number of hydrogen-bond acceptors (Lipinski definition) is 6. The van der Waals surface area contributed by atoms with E-state index in [-0.39, 0.29) is 5.03 Å². The molecule has 8 heteroatoms. The third-order valence-electron chi connectivity index (χ3n) is 4.19. The molecule has 0 bridgehead atoms. The zero-order valence-corrected chi connectivity index (χ0v) is 16.2. The predicted octanol–water partition coefficient (Wildman–Crippen LogP) is 3.67. The normalized spacial score (nSPS) is 11.4. The van der Waals surface area contributed by atoms with Crippen molar-refractivity contribution in [1.82, 2.24) is 10.1 Å². The Hall–Kier alpha value is -2.87. The monoisotopic (exact) mass is 387 g/mol. The molecule has 1 aromatic carbocycles. The zero-order chi connectivity index (χ0) is 19.4. The third-order valence-corrected chi connectivity index (χ3v) is 5.52. The summed E-state index contributed by atoms with van der Waals surface area (Å²) in [6.07, 6.45) is 4.51. The molecule has 0 radical (unpaired) electrons. The number of nitrogens with zero attached hydrogens (tertiary/aromatic N) is 2. The SMILES string of the molecule is CCc1onc(S(=O)(=O)Nc2ccc(-c3cccnc3)c(OC)c2)c1CC. The minimum Gasteiger partial charge on any atom is -0.496 e. The van der Waals surface area contributed by atoms with E-state index < -0.39 is 10.0 Å². The van der Waals surface area contributed by atoms with Crippen LogP contribution >= 0.6 is 0 Å². The van der Waals surface area contributed by atoms with Crippen molar-refractivity contribution in [3.63, 3.8) is 0 Å². The van der Waals surface area contributed by atoms with Crippen LogP contribution in [0.3, 0.4) is 0 Å². The Morgan fingerprint density at radius 1 is 1.19 bits per heavy atom. The Morgan fingerprint density at radius 2 is 2.00 bits per heavy atom. The number of methoxy groups -OCH3 is 1. The number of aromatic nitrogens is 2. The van der Waals surface area contributed by atoms with Gasteiger partial charge in [-0.15, -0.1) is 0 Å². The van der Waals surface area contributed by atoms with Crippen molar-refractivity contribution in [3.8, 4) is 16.9 Å². The molecule has 0 amide bonds. The van der Waals surface area contributed by atoms with Crippen molar-refractivity contribution in [2.45, 2.75) is 31.7 Å². The van der Waals surface area contributed by atoms with E-state index in [9.17, 15) is 8.42 Å². The van der Waals surface area contributed by atoms with Gasteiger partial charge in [0.25, 0.3) is 10.0 Å². The van der Waals surface area contributed by atoms with Crippen molar-refractivity contribution in [2.24, 2.45) is 0 Å². The quantitative estimate of drug-likeness (QED) is 0.665. The molecule has 0 spiro atoms. The molecule has 0 unspecified atom stereocenters. The van der Waals surface area contributed by atoms with E-state index in [1.54, 1.807) is 30.6 Å². The summed E-state index contributed by atoms with van der Waals surface area (Å²) < 4.78 is 38.7. The first-order valence-corrected chi connectivity index (χ1v) is 10.1. The number of benzene rings is 1. The Morgan fingerprint density at radius 3 is 2.63 bits per heavy atom. The van der Waals surface area contributed by atoms with Gasteiger partial charge < -0.3 is 9.26 Å². The molecule has 7 nitrogen and oxygen atoms in total. The summed E-state index contributed by atoms with van der Waals surface area (Å²) in [7, 11) is -2.34. The van der Waals surface area contributed by atoms with Gasteiger partial charge in [0.1, 0.15) is 11.5 Å². The number of pyridine rings is 1. The molecule has 0 aliphatic carbocycles. The summed E-state index contributed by atoms with van der Waals surface area (Å²) in [4.78, 5) is 4.10. The van der Waals surface area contributed by atoms with Crippen molar-refractivity contribution in [1.29, 1.82) is 0 Å². The molecule has 0 atom stereocenters. The fraction of sp³-hybridized carbons (Fsp3) is 0.263. The predicted molar refractivity (Wildman–Crippen MR) is 102 cm³/mol. The van der Waals surface area contributed by atoms with E-state index >= 15 is 0 Å². The zero-order valence-electron chi connectivity index (χ0n) is 15.4. The first kappa shape index (κ1) is 18.9. The standard InChI is InChI=1S/C19H21N3O4S/c1-4-15-17(5-2)26-21-19(15)27(23,24)22-14-8-9-16(18(11-14)25-3)13-7-6-10-20-12-13/h6-12,22H,4-5H2,1-3H3. The highest BCUT2D eigenvalue weighted by Gasteiger charge is 2.26. The van der Waals surface area contributed by atoms with Gasteiger partial charge in [0.05, 0.1) is 12.8 Å². The first-order chi connectivity index (χ1) is 13.0. The highest BCUT2D eigenvalue weighted by Crippen LogP contribution is 2.33. The number of ether oxygens (including phenoxy) is 1. The van der Waals surface area contributed by atoms with E-state index in [0.717, 1.165) is 11.1 Å². The molecule has 0 fully saturated rings. The Kier molecular flexibility index (Phi) is 5.46. The third kappa shape index (κ3) is 3.80. The van der Waals surface area contributed by atoms with Gasteiger partial charge in [0.2, 0.25) is 5.03 Å². The van der Waals surface area contributed by atoms with Crippen LogP contribution in [-0.4, -0.2) is 25.7 Å². The average molecular weight is 387 g/mol. The molecule has 3 aromatic rings. The van der Waals surface area contributed by atoms with Gasteiger partial charge in [-0.05, 0) is 24.6 Å². The number of sulfonamides is 1. The first-order valence-electron chi connectivity index (χ1n) is 8.58. The van der Waals surface area contributed by atoms with Gasteiger partial charge in [0, 0.05) is 41.6 Å². The van der Waals surface area contributed by atoms with E-state index in [0.29, 0.717) is 35.6 Å². The Labute approximate surface area is 158 Å². The summed E-state index contributed by atoms with van der Waals surface area (Å²) in [6, 6.07) is 8.83. The lowest BCUT2D eigenvalue weighted by Crippen LogP contribution is -2.15. The largest absolute Gasteiger partial charge is 0.496 e. The van der Waals surface area contributed by atoms with Gasteiger partial charge >= 0.3 is 0 Å². The second-order valence-electron chi connectivity index (χ2n) is 5.86. The van der Waals surface area contributed by atoms with Crippen LogP contribution in [0.4, 0.5) is 5.69 Å². The highest BCUT2D eigenvalue weighted by atomic mass is 32.2. The van der Waals surface area contributed by atoms with Crippen LogP contribution in [-0.2, 0) is 22.9 Å². The summed E-state index contributed by atoms with van der Waals surface area (Å²) in [5.41, 5.74) is 2.67. The molecule has 0 saturated carbocycles. The lowest BCUT2D eigenvalue weighted by molar-refractivity contribution is 0.371. The lowest BCUT2D eigenvalue weighted by Gasteiger charge is -2.12. The Balaban J connectivity index is 1.95. The average Bonchev–Trinajstić information content (AvgIpc) is 3.12.